The maximum atomic E-state index is 12.8. The number of aldehydes is 1. The number of aromatic nitrogens is 8. The fraction of sp³-hybridized carbons (Fsp3) is 0.100. The molecule has 0 spiro atoms. The molecule has 0 atom stereocenters. The molecule has 6 aromatic rings. The molecule has 12 heteroatoms. The summed E-state index contributed by atoms with van der Waals surface area (Å²) in [5, 5.41) is 13.4. The summed E-state index contributed by atoms with van der Waals surface area (Å²) in [6, 6.07) is 23.0. The zero-order valence-corrected chi connectivity index (χ0v) is 21.7. The normalized spacial score (nSPS) is 9.86. The van der Waals surface area contributed by atoms with Gasteiger partial charge in [-0.05, 0) is 72.6 Å². The number of hydrogen-bond donors (Lipinski definition) is 3. The number of anilines is 1. The maximum absolute atomic E-state index is 12.8. The molecular formula is C30H29F2N9O. The van der Waals surface area contributed by atoms with Crippen LogP contribution in [0, 0.1) is 11.6 Å². The van der Waals surface area contributed by atoms with Gasteiger partial charge in [-0.2, -0.15) is 10.1 Å². The summed E-state index contributed by atoms with van der Waals surface area (Å²) >= 11 is 0. The smallest absolute Gasteiger partial charge is 0.239 e. The van der Waals surface area contributed by atoms with E-state index in [2.05, 4.69) is 40.3 Å². The van der Waals surface area contributed by atoms with Crippen molar-refractivity contribution in [3.8, 4) is 23.0 Å². The van der Waals surface area contributed by atoms with Crippen molar-refractivity contribution in [1.29, 1.82) is 0 Å². The van der Waals surface area contributed by atoms with Gasteiger partial charge < -0.3 is 5.73 Å². The molecule has 6 rings (SSSR count). The lowest BCUT2D eigenvalue weighted by Gasteiger charge is -1.98. The largest absolute Gasteiger partial charge is 0.366 e. The van der Waals surface area contributed by atoms with Gasteiger partial charge >= 0.3 is 0 Å². The molecule has 10 nitrogen and oxygen atoms in total. The highest BCUT2D eigenvalue weighted by atomic mass is 19.1. The Balaban J connectivity index is 0.000000188. The van der Waals surface area contributed by atoms with Crippen molar-refractivity contribution in [1.82, 2.24) is 40.3 Å². The Bertz CT molecular complexity index is 1620. The predicted octanol–water partition coefficient (Wildman–Crippen LogP) is 5.51. The number of aromatic amines is 2. The molecule has 214 valence electrons. The van der Waals surface area contributed by atoms with Crippen LogP contribution < -0.4 is 5.73 Å². The van der Waals surface area contributed by atoms with E-state index in [1.54, 1.807) is 24.5 Å². The van der Waals surface area contributed by atoms with Gasteiger partial charge in [-0.25, -0.2) is 13.8 Å². The summed E-state index contributed by atoms with van der Waals surface area (Å²) in [7, 11) is 0. The molecule has 0 radical (unpaired) electrons. The lowest BCUT2D eigenvalue weighted by atomic mass is 10.1. The number of pyridine rings is 2. The number of H-pyrrole nitrogens is 2. The first kappa shape index (κ1) is 30.9. The van der Waals surface area contributed by atoms with Crippen LogP contribution >= 0.6 is 0 Å². The van der Waals surface area contributed by atoms with Gasteiger partial charge in [0.25, 0.3) is 0 Å². The Morgan fingerprint density at radius 1 is 0.714 bits per heavy atom. The van der Waals surface area contributed by atoms with Crippen molar-refractivity contribution in [3.05, 3.63) is 126 Å². The van der Waals surface area contributed by atoms with E-state index in [-0.39, 0.29) is 25.0 Å². The van der Waals surface area contributed by atoms with E-state index in [0.717, 1.165) is 35.6 Å². The van der Waals surface area contributed by atoms with Crippen LogP contribution in [-0.4, -0.2) is 46.6 Å². The van der Waals surface area contributed by atoms with Gasteiger partial charge in [0.2, 0.25) is 5.95 Å². The molecule has 4 heterocycles. The summed E-state index contributed by atoms with van der Waals surface area (Å²) in [4.78, 5) is 26.6. The molecule has 0 bridgehead atoms. The number of carbonyl (C=O) groups is 1. The van der Waals surface area contributed by atoms with Crippen molar-refractivity contribution in [3.63, 3.8) is 0 Å². The number of nitrogens with two attached hydrogens (primary N) is 1. The molecule has 0 aliphatic carbocycles. The van der Waals surface area contributed by atoms with Crippen molar-refractivity contribution < 1.29 is 13.6 Å². The Hall–Kier alpha value is -5.65. The van der Waals surface area contributed by atoms with E-state index in [1.165, 1.54) is 36.4 Å². The van der Waals surface area contributed by atoms with Gasteiger partial charge in [0, 0.05) is 24.4 Å². The number of nitrogens with one attached hydrogen (secondary N) is 2. The minimum absolute atomic E-state index is 0. The molecule has 42 heavy (non-hydrogen) atoms. The molecule has 0 amide bonds. The van der Waals surface area contributed by atoms with Crippen molar-refractivity contribution in [2.24, 2.45) is 0 Å². The summed E-state index contributed by atoms with van der Waals surface area (Å²) in [5.74, 6) is 1.69. The SMILES string of the molecule is C.Fc1ccc(CCc2nc(-c3ccccn3)n[nH]2)cc1.Nc1n[nH]c(-c2ccccn2)n1.O=Cc1ccc(F)cc1. The third-order valence-electron chi connectivity index (χ3n) is 5.41. The molecule has 4 N–H and O–H groups in total. The number of carbonyl (C=O) groups excluding carboxylic acids is 1. The highest BCUT2D eigenvalue weighted by molar-refractivity contribution is 5.74. The first-order valence-electron chi connectivity index (χ1n) is 12.4. The molecule has 0 saturated heterocycles. The van der Waals surface area contributed by atoms with Gasteiger partial charge in [0.15, 0.2) is 11.6 Å². The van der Waals surface area contributed by atoms with Gasteiger partial charge in [0.1, 0.15) is 35.1 Å². The fourth-order valence-electron chi connectivity index (χ4n) is 3.36. The Morgan fingerprint density at radius 2 is 1.33 bits per heavy atom. The number of nitrogen functional groups attached to an aromatic ring is 1. The standard InChI is InChI=1S/C15H13FN4.C7H5FO.C7H7N5.CH4/c16-12-7-4-11(5-8-12)6-9-14-18-15(20-19-14)13-3-1-2-10-17-13;8-7-3-1-6(5-9)2-4-7;8-7-10-6(11-12-7)5-3-1-2-4-9-5;/h1-5,7-8,10H,6,9H2,(H,18,19,20);1-5H;1-4H,(H3,8,10,11,12);1H4. The van der Waals surface area contributed by atoms with Crippen LogP contribution in [0.15, 0.2) is 97.3 Å². The van der Waals surface area contributed by atoms with Gasteiger partial charge in [-0.3, -0.25) is 25.0 Å². The monoisotopic (exact) mass is 569 g/mol. The van der Waals surface area contributed by atoms with Crippen LogP contribution in [0.4, 0.5) is 14.7 Å². The lowest BCUT2D eigenvalue weighted by Crippen LogP contribution is -1.94. The number of hydrogen-bond acceptors (Lipinski definition) is 8. The number of benzene rings is 2. The Morgan fingerprint density at radius 3 is 1.88 bits per heavy atom. The first-order valence-corrected chi connectivity index (χ1v) is 12.4. The van der Waals surface area contributed by atoms with E-state index in [9.17, 15) is 13.6 Å². The van der Waals surface area contributed by atoms with Crippen LogP contribution in [0.2, 0.25) is 0 Å². The summed E-state index contributed by atoms with van der Waals surface area (Å²) in [6.45, 7) is 0. The Labute approximate surface area is 241 Å². The van der Waals surface area contributed by atoms with E-state index in [4.69, 9.17) is 5.73 Å². The van der Waals surface area contributed by atoms with E-state index in [1.807, 2.05) is 36.4 Å². The van der Waals surface area contributed by atoms with Crippen LogP contribution in [0.5, 0.6) is 0 Å². The molecular weight excluding hydrogens is 540 g/mol. The summed E-state index contributed by atoms with van der Waals surface area (Å²) < 4.78 is 24.9. The second-order valence-corrected chi connectivity index (χ2v) is 8.37. The van der Waals surface area contributed by atoms with Crippen LogP contribution in [-0.2, 0) is 12.8 Å². The topological polar surface area (TPSA) is 152 Å². The average Bonchev–Trinajstić information content (AvgIpc) is 3.68. The van der Waals surface area contributed by atoms with E-state index >= 15 is 0 Å². The number of aryl methyl sites for hydroxylation is 2. The maximum Gasteiger partial charge on any atom is 0.239 e. The highest BCUT2D eigenvalue weighted by Crippen LogP contribution is 2.12. The number of rotatable bonds is 6. The van der Waals surface area contributed by atoms with Gasteiger partial charge in [-0.1, -0.05) is 31.7 Å². The molecule has 2 aromatic carbocycles. The quantitative estimate of drug-likeness (QED) is 0.222. The van der Waals surface area contributed by atoms with Crippen molar-refractivity contribution >= 4 is 12.2 Å². The second kappa shape index (κ2) is 15.8. The molecule has 0 saturated carbocycles. The third-order valence-corrected chi connectivity index (χ3v) is 5.41. The van der Waals surface area contributed by atoms with Crippen molar-refractivity contribution in [2.45, 2.75) is 20.3 Å². The van der Waals surface area contributed by atoms with Crippen LogP contribution in [0.3, 0.4) is 0 Å². The summed E-state index contributed by atoms with van der Waals surface area (Å²) in [6.07, 6.45) is 5.60. The first-order chi connectivity index (χ1) is 20.0. The zero-order chi connectivity index (χ0) is 28.9. The van der Waals surface area contributed by atoms with Crippen LogP contribution in [0.1, 0.15) is 29.2 Å². The minimum atomic E-state index is -0.319. The summed E-state index contributed by atoms with van der Waals surface area (Å²) in [5.41, 5.74) is 8.39. The number of halogens is 2. The molecule has 0 aliphatic heterocycles. The molecule has 0 fully saturated rings. The minimum Gasteiger partial charge on any atom is -0.366 e. The van der Waals surface area contributed by atoms with Gasteiger partial charge in [0.05, 0.1) is 0 Å². The third kappa shape index (κ3) is 9.52. The predicted molar refractivity (Wildman–Crippen MR) is 156 cm³/mol. The molecule has 0 unspecified atom stereocenters. The Kier molecular flexibility index (Phi) is 11.6. The van der Waals surface area contributed by atoms with Gasteiger partial charge in [-0.15, -0.1) is 5.10 Å². The number of nitrogens with zero attached hydrogens (tertiary/aromatic N) is 6. The van der Waals surface area contributed by atoms with E-state index in [0.29, 0.717) is 23.5 Å². The van der Waals surface area contributed by atoms with Crippen molar-refractivity contribution in [2.75, 3.05) is 5.73 Å². The zero-order valence-electron chi connectivity index (χ0n) is 21.7. The fourth-order valence-corrected chi connectivity index (χ4v) is 3.36. The highest BCUT2D eigenvalue weighted by Gasteiger charge is 2.07. The van der Waals surface area contributed by atoms with E-state index < -0.39 is 0 Å². The molecule has 0 aliphatic rings. The average molecular weight is 570 g/mol. The second-order valence-electron chi connectivity index (χ2n) is 8.37. The molecule has 4 aromatic heterocycles. The lowest BCUT2D eigenvalue weighted by molar-refractivity contribution is 0.112. The van der Waals surface area contributed by atoms with Crippen LogP contribution in [0.25, 0.3) is 23.0 Å².